The summed E-state index contributed by atoms with van der Waals surface area (Å²) in [5.41, 5.74) is 1.42. The van der Waals surface area contributed by atoms with Crippen LogP contribution in [-0.4, -0.2) is 43.0 Å². The summed E-state index contributed by atoms with van der Waals surface area (Å²) in [4.78, 5) is 27.5. The number of anilines is 1. The number of halogens is 1. The lowest BCUT2D eigenvalue weighted by molar-refractivity contribution is 0.0285. The van der Waals surface area contributed by atoms with Crippen LogP contribution in [-0.2, 0) is 4.74 Å². The minimum Gasteiger partial charge on any atom is -0.449 e. The van der Waals surface area contributed by atoms with Gasteiger partial charge in [-0.3, -0.25) is 9.59 Å². The molecule has 27 heavy (non-hydrogen) atoms. The summed E-state index contributed by atoms with van der Waals surface area (Å²) in [6.07, 6.45) is 0. The third-order valence-electron chi connectivity index (χ3n) is 4.45. The first-order valence-electron chi connectivity index (χ1n) is 8.59. The molecule has 3 aromatic rings. The first-order chi connectivity index (χ1) is 13.1. The zero-order valence-electron chi connectivity index (χ0n) is 14.4. The molecule has 4 rings (SSSR count). The SMILES string of the molecule is O=C(Nc1c(C(=O)N2CCOCC2)oc2ccccc12)c1ccccc1Br. The molecule has 2 heterocycles. The molecule has 138 valence electrons. The molecular weight excluding hydrogens is 412 g/mol. The summed E-state index contributed by atoms with van der Waals surface area (Å²) in [6.45, 7) is 1.97. The number of amides is 2. The molecule has 1 aliphatic heterocycles. The lowest BCUT2D eigenvalue weighted by Crippen LogP contribution is -2.40. The average Bonchev–Trinajstić information content (AvgIpc) is 3.07. The molecule has 2 aromatic carbocycles. The van der Waals surface area contributed by atoms with E-state index >= 15 is 0 Å². The van der Waals surface area contributed by atoms with Crippen molar-refractivity contribution in [3.63, 3.8) is 0 Å². The Morgan fingerprint density at radius 1 is 1.00 bits per heavy atom. The van der Waals surface area contributed by atoms with Crippen LogP contribution in [0.25, 0.3) is 11.0 Å². The number of morpholine rings is 1. The van der Waals surface area contributed by atoms with Crippen molar-refractivity contribution >= 4 is 44.4 Å². The van der Waals surface area contributed by atoms with Gasteiger partial charge in [-0.1, -0.05) is 24.3 Å². The fourth-order valence-electron chi connectivity index (χ4n) is 3.06. The molecule has 1 saturated heterocycles. The topological polar surface area (TPSA) is 71.8 Å². The predicted molar refractivity (Wildman–Crippen MR) is 105 cm³/mol. The van der Waals surface area contributed by atoms with Gasteiger partial charge in [-0.05, 0) is 40.2 Å². The van der Waals surface area contributed by atoms with E-state index in [1.54, 1.807) is 29.2 Å². The second-order valence-corrected chi connectivity index (χ2v) is 7.00. The van der Waals surface area contributed by atoms with Crippen molar-refractivity contribution in [3.8, 4) is 0 Å². The largest absolute Gasteiger partial charge is 0.449 e. The average molecular weight is 429 g/mol. The Hall–Kier alpha value is -2.64. The van der Waals surface area contributed by atoms with Crippen molar-refractivity contribution in [1.82, 2.24) is 4.90 Å². The van der Waals surface area contributed by atoms with Crippen LogP contribution < -0.4 is 5.32 Å². The van der Waals surface area contributed by atoms with Gasteiger partial charge in [0, 0.05) is 22.9 Å². The molecule has 0 bridgehead atoms. The Labute approximate surface area is 164 Å². The number of ether oxygens (including phenoxy) is 1. The first kappa shape index (κ1) is 17.8. The van der Waals surface area contributed by atoms with Crippen molar-refractivity contribution < 1.29 is 18.7 Å². The highest BCUT2D eigenvalue weighted by Gasteiger charge is 2.28. The molecule has 1 fully saturated rings. The van der Waals surface area contributed by atoms with Gasteiger partial charge in [-0.2, -0.15) is 0 Å². The van der Waals surface area contributed by atoms with Crippen LogP contribution >= 0.6 is 15.9 Å². The number of carbonyl (C=O) groups excluding carboxylic acids is 2. The molecule has 1 aromatic heterocycles. The van der Waals surface area contributed by atoms with Gasteiger partial charge < -0.3 is 19.4 Å². The molecule has 6 nitrogen and oxygen atoms in total. The number of hydrogen-bond acceptors (Lipinski definition) is 4. The molecule has 1 aliphatic rings. The van der Waals surface area contributed by atoms with Crippen molar-refractivity contribution in [2.75, 3.05) is 31.6 Å². The van der Waals surface area contributed by atoms with Crippen LogP contribution in [0, 0.1) is 0 Å². The fraction of sp³-hybridized carbons (Fsp3) is 0.200. The maximum absolute atomic E-state index is 13.0. The highest BCUT2D eigenvalue weighted by Crippen LogP contribution is 2.32. The van der Waals surface area contributed by atoms with E-state index in [-0.39, 0.29) is 17.6 Å². The number of nitrogens with one attached hydrogen (secondary N) is 1. The van der Waals surface area contributed by atoms with E-state index < -0.39 is 0 Å². The summed E-state index contributed by atoms with van der Waals surface area (Å²) in [5, 5.41) is 3.56. The number of carbonyl (C=O) groups is 2. The van der Waals surface area contributed by atoms with E-state index in [2.05, 4.69) is 21.2 Å². The van der Waals surface area contributed by atoms with Crippen molar-refractivity contribution in [3.05, 3.63) is 64.3 Å². The van der Waals surface area contributed by atoms with E-state index in [9.17, 15) is 9.59 Å². The van der Waals surface area contributed by atoms with Gasteiger partial charge in [0.05, 0.1) is 18.8 Å². The summed E-state index contributed by atoms with van der Waals surface area (Å²) >= 11 is 3.39. The summed E-state index contributed by atoms with van der Waals surface area (Å²) in [7, 11) is 0. The number of fused-ring (bicyclic) bond motifs is 1. The van der Waals surface area contributed by atoms with Crippen LogP contribution in [0.2, 0.25) is 0 Å². The van der Waals surface area contributed by atoms with Crippen LogP contribution in [0.5, 0.6) is 0 Å². The fourth-order valence-corrected chi connectivity index (χ4v) is 3.52. The number of furan rings is 1. The Bertz CT molecular complexity index is 1010. The molecule has 1 N–H and O–H groups in total. The van der Waals surface area contributed by atoms with Crippen LogP contribution in [0.4, 0.5) is 5.69 Å². The van der Waals surface area contributed by atoms with Crippen LogP contribution in [0.15, 0.2) is 57.4 Å². The third kappa shape index (κ3) is 3.48. The Kier molecular flexibility index (Phi) is 4.96. The molecule has 0 unspecified atom stereocenters. The Morgan fingerprint density at radius 3 is 2.48 bits per heavy atom. The first-order valence-corrected chi connectivity index (χ1v) is 9.39. The Balaban J connectivity index is 1.73. The molecule has 2 amide bonds. The summed E-state index contributed by atoms with van der Waals surface area (Å²) in [5.74, 6) is -0.430. The molecule has 0 saturated carbocycles. The quantitative estimate of drug-likeness (QED) is 0.685. The minimum absolute atomic E-state index is 0.138. The van der Waals surface area contributed by atoms with Crippen molar-refractivity contribution in [1.29, 1.82) is 0 Å². The lowest BCUT2D eigenvalue weighted by atomic mass is 10.1. The summed E-state index contributed by atoms with van der Waals surface area (Å²) < 4.78 is 11.8. The van der Waals surface area contributed by atoms with Gasteiger partial charge in [-0.25, -0.2) is 0 Å². The number of benzene rings is 2. The highest BCUT2D eigenvalue weighted by molar-refractivity contribution is 9.10. The Morgan fingerprint density at radius 2 is 1.70 bits per heavy atom. The second kappa shape index (κ2) is 7.54. The predicted octanol–water partition coefficient (Wildman–Crippen LogP) is 3.92. The van der Waals surface area contributed by atoms with Gasteiger partial charge in [0.25, 0.3) is 11.8 Å². The standard InChI is InChI=1S/C20H17BrN2O4/c21-15-7-3-1-5-13(15)19(24)22-17-14-6-2-4-8-16(14)27-18(17)20(25)23-9-11-26-12-10-23/h1-8H,9-12H2,(H,22,24). The van der Waals surface area contributed by atoms with Gasteiger partial charge >= 0.3 is 0 Å². The zero-order valence-corrected chi connectivity index (χ0v) is 16.0. The molecule has 0 spiro atoms. The monoisotopic (exact) mass is 428 g/mol. The zero-order chi connectivity index (χ0) is 18.8. The lowest BCUT2D eigenvalue weighted by Gasteiger charge is -2.26. The van der Waals surface area contributed by atoms with E-state index in [1.165, 1.54) is 0 Å². The van der Waals surface area contributed by atoms with Gasteiger partial charge in [0.2, 0.25) is 5.76 Å². The van der Waals surface area contributed by atoms with E-state index in [4.69, 9.17) is 9.15 Å². The van der Waals surface area contributed by atoms with E-state index in [0.717, 1.165) is 0 Å². The third-order valence-corrected chi connectivity index (χ3v) is 5.14. The molecule has 7 heteroatoms. The minimum atomic E-state index is -0.315. The highest BCUT2D eigenvalue weighted by atomic mass is 79.9. The number of nitrogens with zero attached hydrogens (tertiary/aromatic N) is 1. The van der Waals surface area contributed by atoms with Crippen LogP contribution in [0.1, 0.15) is 20.9 Å². The van der Waals surface area contributed by atoms with E-state index in [1.807, 2.05) is 24.3 Å². The second-order valence-electron chi connectivity index (χ2n) is 6.14. The van der Waals surface area contributed by atoms with Gasteiger partial charge in [0.15, 0.2) is 0 Å². The maximum Gasteiger partial charge on any atom is 0.291 e. The van der Waals surface area contributed by atoms with Crippen molar-refractivity contribution in [2.24, 2.45) is 0 Å². The van der Waals surface area contributed by atoms with E-state index in [0.29, 0.717) is 53.0 Å². The van der Waals surface area contributed by atoms with Crippen LogP contribution in [0.3, 0.4) is 0 Å². The van der Waals surface area contributed by atoms with Gasteiger partial charge in [0.1, 0.15) is 11.3 Å². The number of rotatable bonds is 3. The molecule has 0 aliphatic carbocycles. The molecule has 0 atom stereocenters. The number of para-hydroxylation sites is 1. The summed E-state index contributed by atoms with van der Waals surface area (Å²) in [6, 6.07) is 14.4. The maximum atomic E-state index is 13.0. The molecule has 0 radical (unpaired) electrons. The van der Waals surface area contributed by atoms with Gasteiger partial charge in [-0.15, -0.1) is 0 Å². The molecular formula is C20H17BrN2O4. The number of hydrogen-bond donors (Lipinski definition) is 1. The smallest absolute Gasteiger partial charge is 0.291 e. The van der Waals surface area contributed by atoms with Crippen molar-refractivity contribution in [2.45, 2.75) is 0 Å². The normalized spacial score (nSPS) is 14.3.